The summed E-state index contributed by atoms with van der Waals surface area (Å²) in [7, 11) is 1.57. The maximum Gasteiger partial charge on any atom is 0.408 e. The summed E-state index contributed by atoms with van der Waals surface area (Å²) in [5.41, 5.74) is 2.44. The van der Waals surface area contributed by atoms with E-state index in [1.165, 1.54) is 4.90 Å². The van der Waals surface area contributed by atoms with Gasteiger partial charge in [-0.15, -0.1) is 0 Å². The summed E-state index contributed by atoms with van der Waals surface area (Å²) in [6.07, 6.45) is -0.725. The minimum absolute atomic E-state index is 0.0359. The minimum Gasteiger partial charge on any atom is -0.497 e. The Kier molecular flexibility index (Phi) is 10.2. The molecule has 0 radical (unpaired) electrons. The maximum absolute atomic E-state index is 13.7. The number of likely N-dealkylation sites (N-methyl/N-ethyl adjacent to an activating group) is 1. The first-order chi connectivity index (χ1) is 16.9. The number of alkyl carbamates (subject to hydrolysis) is 1. The highest BCUT2D eigenvalue weighted by Crippen LogP contribution is 2.29. The molecule has 2 N–H and O–H groups in total. The molecular formula is C27H37N3O5S. The molecule has 9 heteroatoms. The van der Waals surface area contributed by atoms with Gasteiger partial charge in [-0.1, -0.05) is 18.2 Å². The van der Waals surface area contributed by atoms with Crippen molar-refractivity contribution in [2.75, 3.05) is 24.7 Å². The number of hydrogen-bond acceptors (Lipinski definition) is 6. The molecule has 0 aliphatic heterocycles. The monoisotopic (exact) mass is 515 g/mol. The highest BCUT2D eigenvalue weighted by Gasteiger charge is 2.36. The molecule has 0 saturated carbocycles. The smallest absolute Gasteiger partial charge is 0.408 e. The lowest BCUT2D eigenvalue weighted by atomic mass is 9.95. The summed E-state index contributed by atoms with van der Waals surface area (Å²) in [6.45, 7) is 11.1. The predicted molar refractivity (Wildman–Crippen MR) is 145 cm³/mol. The Labute approximate surface area is 219 Å². The summed E-state index contributed by atoms with van der Waals surface area (Å²) < 4.78 is 10.5. The van der Waals surface area contributed by atoms with Gasteiger partial charge in [0.25, 0.3) is 5.91 Å². The van der Waals surface area contributed by atoms with Gasteiger partial charge in [0, 0.05) is 18.0 Å². The number of ether oxygens (including phenoxy) is 2. The fourth-order valence-electron chi connectivity index (χ4n) is 3.71. The predicted octanol–water partition coefficient (Wildman–Crippen LogP) is 4.66. The number of aryl methyl sites for hydroxylation is 1. The molecule has 2 unspecified atom stereocenters. The third-order valence-corrected chi connectivity index (χ3v) is 6.02. The standard InChI is InChI=1S/C27H37N3O5S/c1-8-30(25(32)22(16-36)29-26(33)35-27(4,5)6)23(21-11-9-10-17(2)18(21)3)24(31)28-19-12-14-20(34-7)15-13-19/h9-15,22-23,36H,8,16H2,1-7H3,(H,28,31)(H,29,33). The van der Waals surface area contributed by atoms with Crippen LogP contribution in [-0.2, 0) is 14.3 Å². The molecule has 0 aliphatic rings. The number of nitrogens with one attached hydrogen (secondary N) is 2. The highest BCUT2D eigenvalue weighted by molar-refractivity contribution is 7.80. The lowest BCUT2D eigenvalue weighted by Gasteiger charge is -2.34. The molecule has 0 spiro atoms. The molecule has 36 heavy (non-hydrogen) atoms. The van der Waals surface area contributed by atoms with Gasteiger partial charge < -0.3 is 25.0 Å². The number of methoxy groups -OCH3 is 1. The topological polar surface area (TPSA) is 97.0 Å². The Bertz CT molecular complexity index is 1070. The van der Waals surface area contributed by atoms with Crippen molar-refractivity contribution in [2.45, 2.75) is 59.2 Å². The van der Waals surface area contributed by atoms with E-state index in [0.29, 0.717) is 17.0 Å². The molecule has 0 saturated heterocycles. The normalized spacial score (nSPS) is 12.8. The second kappa shape index (κ2) is 12.7. The summed E-state index contributed by atoms with van der Waals surface area (Å²) in [6, 6.07) is 10.7. The number of thiol groups is 1. The van der Waals surface area contributed by atoms with Crippen molar-refractivity contribution in [1.29, 1.82) is 0 Å². The van der Waals surface area contributed by atoms with Gasteiger partial charge in [0.1, 0.15) is 23.4 Å². The number of hydrogen-bond donors (Lipinski definition) is 3. The number of benzene rings is 2. The maximum atomic E-state index is 13.7. The van der Waals surface area contributed by atoms with Crippen LogP contribution in [0.4, 0.5) is 10.5 Å². The number of rotatable bonds is 9. The largest absolute Gasteiger partial charge is 0.497 e. The van der Waals surface area contributed by atoms with Gasteiger partial charge in [-0.3, -0.25) is 9.59 Å². The van der Waals surface area contributed by atoms with Crippen LogP contribution in [0.5, 0.6) is 5.75 Å². The Morgan fingerprint density at radius 1 is 1.06 bits per heavy atom. The van der Waals surface area contributed by atoms with Gasteiger partial charge in [0.05, 0.1) is 7.11 Å². The van der Waals surface area contributed by atoms with Crippen LogP contribution >= 0.6 is 12.6 Å². The Morgan fingerprint density at radius 2 is 1.69 bits per heavy atom. The quantitative estimate of drug-likeness (QED) is 0.422. The fraction of sp³-hybridized carbons (Fsp3) is 0.444. The molecule has 2 rings (SSSR count). The van der Waals surface area contributed by atoms with Crippen molar-refractivity contribution in [3.05, 3.63) is 59.2 Å². The van der Waals surface area contributed by atoms with Crippen LogP contribution < -0.4 is 15.4 Å². The van der Waals surface area contributed by atoms with Crippen molar-refractivity contribution in [3.63, 3.8) is 0 Å². The molecule has 2 aromatic carbocycles. The second-order valence-electron chi connectivity index (χ2n) is 9.42. The molecule has 0 heterocycles. The average Bonchev–Trinajstić information content (AvgIpc) is 2.82. The van der Waals surface area contributed by atoms with Gasteiger partial charge in [-0.25, -0.2) is 4.79 Å². The van der Waals surface area contributed by atoms with E-state index < -0.39 is 29.7 Å². The first kappa shape index (κ1) is 29.0. The Balaban J connectivity index is 2.43. The zero-order valence-corrected chi connectivity index (χ0v) is 22.9. The lowest BCUT2D eigenvalue weighted by molar-refractivity contribution is -0.140. The van der Waals surface area contributed by atoms with Crippen molar-refractivity contribution in [2.24, 2.45) is 0 Å². The van der Waals surface area contributed by atoms with Crippen LogP contribution in [0.2, 0.25) is 0 Å². The molecule has 8 nitrogen and oxygen atoms in total. The molecule has 0 fully saturated rings. The van der Waals surface area contributed by atoms with Crippen molar-refractivity contribution in [1.82, 2.24) is 10.2 Å². The highest BCUT2D eigenvalue weighted by atomic mass is 32.1. The zero-order valence-electron chi connectivity index (χ0n) is 22.0. The van der Waals surface area contributed by atoms with E-state index in [4.69, 9.17) is 9.47 Å². The van der Waals surface area contributed by atoms with Crippen LogP contribution in [0, 0.1) is 13.8 Å². The zero-order chi connectivity index (χ0) is 27.0. The van der Waals surface area contributed by atoms with Gasteiger partial charge in [0.15, 0.2) is 0 Å². The number of nitrogens with zero attached hydrogens (tertiary/aromatic N) is 1. The molecular weight excluding hydrogens is 478 g/mol. The first-order valence-corrected chi connectivity index (χ1v) is 12.5. The van der Waals surface area contributed by atoms with Gasteiger partial charge >= 0.3 is 6.09 Å². The van der Waals surface area contributed by atoms with Crippen LogP contribution in [0.3, 0.4) is 0 Å². The number of carbonyl (C=O) groups is 3. The van der Waals surface area contributed by atoms with Crippen LogP contribution in [-0.4, -0.2) is 53.9 Å². The molecule has 0 bridgehead atoms. The number of carbonyl (C=O) groups excluding carboxylic acids is 3. The second-order valence-corrected chi connectivity index (χ2v) is 9.78. The third kappa shape index (κ3) is 7.65. The van der Waals surface area contributed by atoms with E-state index in [1.54, 1.807) is 59.1 Å². The fourth-order valence-corrected chi connectivity index (χ4v) is 3.95. The summed E-state index contributed by atoms with van der Waals surface area (Å²) in [5, 5.41) is 5.51. The molecule has 3 amide bonds. The van der Waals surface area contributed by atoms with E-state index in [9.17, 15) is 14.4 Å². The molecule has 0 aliphatic carbocycles. The molecule has 2 aromatic rings. The van der Waals surface area contributed by atoms with Gasteiger partial charge in [0.2, 0.25) is 5.91 Å². The SMILES string of the molecule is CCN(C(=O)C(CS)NC(=O)OC(C)(C)C)C(C(=O)Nc1ccc(OC)cc1)c1cccc(C)c1C. The molecule has 0 aromatic heterocycles. The van der Waals surface area contributed by atoms with Gasteiger partial charge in [-0.2, -0.15) is 12.6 Å². The summed E-state index contributed by atoms with van der Waals surface area (Å²) >= 11 is 4.29. The minimum atomic E-state index is -0.982. The van der Waals surface area contributed by atoms with Crippen LogP contribution in [0.1, 0.15) is 50.4 Å². The summed E-state index contributed by atoms with van der Waals surface area (Å²) in [4.78, 5) is 41.2. The van der Waals surface area contributed by atoms with Crippen molar-refractivity contribution >= 4 is 36.2 Å². The van der Waals surface area contributed by atoms with Crippen LogP contribution in [0.15, 0.2) is 42.5 Å². The molecule has 196 valence electrons. The van der Waals surface area contributed by atoms with Crippen molar-refractivity contribution < 1.29 is 23.9 Å². The third-order valence-electron chi connectivity index (χ3n) is 5.65. The van der Waals surface area contributed by atoms with E-state index in [-0.39, 0.29) is 18.2 Å². The van der Waals surface area contributed by atoms with Crippen LogP contribution in [0.25, 0.3) is 0 Å². The van der Waals surface area contributed by atoms with Crippen molar-refractivity contribution in [3.8, 4) is 5.75 Å². The summed E-state index contributed by atoms with van der Waals surface area (Å²) in [5.74, 6) is -0.114. The molecule has 2 atom stereocenters. The average molecular weight is 516 g/mol. The van der Waals surface area contributed by atoms with E-state index in [0.717, 1.165) is 11.1 Å². The van der Waals surface area contributed by atoms with E-state index in [2.05, 4.69) is 23.3 Å². The first-order valence-electron chi connectivity index (χ1n) is 11.8. The lowest BCUT2D eigenvalue weighted by Crippen LogP contribution is -2.53. The van der Waals surface area contributed by atoms with E-state index in [1.807, 2.05) is 32.0 Å². The number of amides is 3. The van der Waals surface area contributed by atoms with E-state index >= 15 is 0 Å². The Hall–Kier alpha value is -3.20. The number of anilines is 1. The Morgan fingerprint density at radius 3 is 2.22 bits per heavy atom. The van der Waals surface area contributed by atoms with Gasteiger partial charge in [-0.05, 0) is 82.5 Å².